The van der Waals surface area contributed by atoms with Gasteiger partial charge >= 0.3 is 0 Å². The number of rotatable bonds is 1. The van der Waals surface area contributed by atoms with Crippen LogP contribution in [-0.4, -0.2) is 31.5 Å². The molecule has 2 fully saturated rings. The Morgan fingerprint density at radius 3 is 2.64 bits per heavy atom. The summed E-state index contributed by atoms with van der Waals surface area (Å²) in [6.07, 6.45) is 3.64. The highest BCUT2D eigenvalue weighted by molar-refractivity contribution is 5.05. The van der Waals surface area contributed by atoms with E-state index in [-0.39, 0.29) is 17.7 Å². The normalized spacial score (nSPS) is 40.9. The van der Waals surface area contributed by atoms with Gasteiger partial charge in [-0.2, -0.15) is 0 Å². The molecule has 2 N–H and O–H groups in total. The molecule has 0 aromatic rings. The summed E-state index contributed by atoms with van der Waals surface area (Å²) in [5, 5.41) is 0. The van der Waals surface area contributed by atoms with E-state index in [1.165, 1.54) is 6.42 Å². The zero-order valence-corrected chi connectivity index (χ0v) is 6.88. The first-order chi connectivity index (χ1) is 5.28. The molecule has 1 saturated carbocycles. The SMILES string of the molecule is CO[C@@H]1[C@@H](N)COC12CCC2. The van der Waals surface area contributed by atoms with Crippen LogP contribution in [0.15, 0.2) is 0 Å². The van der Waals surface area contributed by atoms with E-state index in [1.807, 2.05) is 0 Å². The summed E-state index contributed by atoms with van der Waals surface area (Å²) >= 11 is 0. The number of ether oxygens (including phenoxy) is 2. The Bertz CT molecular complexity index is 156. The van der Waals surface area contributed by atoms with Gasteiger partial charge in [0.1, 0.15) is 6.10 Å². The predicted molar refractivity (Wildman–Crippen MR) is 41.3 cm³/mol. The lowest BCUT2D eigenvalue weighted by Crippen LogP contribution is -2.51. The van der Waals surface area contributed by atoms with Crippen molar-refractivity contribution in [2.75, 3.05) is 13.7 Å². The molecule has 0 amide bonds. The summed E-state index contributed by atoms with van der Waals surface area (Å²) in [7, 11) is 1.72. The third kappa shape index (κ3) is 0.916. The van der Waals surface area contributed by atoms with Crippen LogP contribution >= 0.6 is 0 Å². The first-order valence-electron chi connectivity index (χ1n) is 4.21. The maximum Gasteiger partial charge on any atom is 0.103 e. The number of hydrogen-bond acceptors (Lipinski definition) is 3. The molecule has 1 spiro atoms. The Labute approximate surface area is 66.8 Å². The summed E-state index contributed by atoms with van der Waals surface area (Å²) < 4.78 is 11.0. The second kappa shape index (κ2) is 2.44. The highest BCUT2D eigenvalue weighted by atomic mass is 16.6. The second-order valence-electron chi connectivity index (χ2n) is 3.55. The van der Waals surface area contributed by atoms with E-state index in [2.05, 4.69) is 0 Å². The molecule has 2 aliphatic rings. The minimum Gasteiger partial charge on any atom is -0.377 e. The van der Waals surface area contributed by atoms with Crippen molar-refractivity contribution in [2.45, 2.75) is 37.0 Å². The summed E-state index contributed by atoms with van der Waals surface area (Å²) in [5.74, 6) is 0. The molecule has 0 radical (unpaired) electrons. The summed E-state index contributed by atoms with van der Waals surface area (Å²) in [4.78, 5) is 0. The molecule has 0 aromatic heterocycles. The van der Waals surface area contributed by atoms with Gasteiger partial charge in [0.2, 0.25) is 0 Å². The maximum absolute atomic E-state index is 5.82. The van der Waals surface area contributed by atoms with Gasteiger partial charge in [-0.3, -0.25) is 0 Å². The third-order valence-corrected chi connectivity index (χ3v) is 2.92. The van der Waals surface area contributed by atoms with Crippen molar-refractivity contribution in [3.63, 3.8) is 0 Å². The first kappa shape index (κ1) is 7.53. The van der Waals surface area contributed by atoms with Crippen molar-refractivity contribution in [2.24, 2.45) is 5.73 Å². The molecule has 1 aliphatic carbocycles. The second-order valence-corrected chi connectivity index (χ2v) is 3.55. The fraction of sp³-hybridized carbons (Fsp3) is 1.00. The monoisotopic (exact) mass is 157 g/mol. The molecule has 0 bridgehead atoms. The Kier molecular flexibility index (Phi) is 1.67. The Morgan fingerprint density at radius 2 is 2.27 bits per heavy atom. The number of hydrogen-bond donors (Lipinski definition) is 1. The van der Waals surface area contributed by atoms with E-state index < -0.39 is 0 Å². The number of methoxy groups -OCH3 is 1. The highest BCUT2D eigenvalue weighted by Gasteiger charge is 2.52. The molecule has 2 atom stereocenters. The van der Waals surface area contributed by atoms with Crippen molar-refractivity contribution >= 4 is 0 Å². The van der Waals surface area contributed by atoms with Crippen molar-refractivity contribution in [3.8, 4) is 0 Å². The van der Waals surface area contributed by atoms with E-state index in [9.17, 15) is 0 Å². The minimum absolute atomic E-state index is 0.00810. The van der Waals surface area contributed by atoms with Crippen LogP contribution in [0.2, 0.25) is 0 Å². The molecule has 64 valence electrons. The van der Waals surface area contributed by atoms with Crippen LogP contribution in [0.25, 0.3) is 0 Å². The lowest BCUT2D eigenvalue weighted by Gasteiger charge is -2.41. The molecule has 1 saturated heterocycles. The van der Waals surface area contributed by atoms with E-state index in [0.717, 1.165) is 12.8 Å². The van der Waals surface area contributed by atoms with Gasteiger partial charge in [0, 0.05) is 7.11 Å². The van der Waals surface area contributed by atoms with E-state index in [1.54, 1.807) is 7.11 Å². The van der Waals surface area contributed by atoms with Crippen LogP contribution < -0.4 is 5.73 Å². The van der Waals surface area contributed by atoms with Crippen molar-refractivity contribution in [1.29, 1.82) is 0 Å². The van der Waals surface area contributed by atoms with Gasteiger partial charge in [-0.1, -0.05) is 0 Å². The van der Waals surface area contributed by atoms with Crippen molar-refractivity contribution in [3.05, 3.63) is 0 Å². The first-order valence-corrected chi connectivity index (χ1v) is 4.21. The van der Waals surface area contributed by atoms with Gasteiger partial charge in [-0.05, 0) is 19.3 Å². The van der Waals surface area contributed by atoms with E-state index >= 15 is 0 Å². The van der Waals surface area contributed by atoms with Crippen LogP contribution in [0.4, 0.5) is 0 Å². The average Bonchev–Trinajstić information content (AvgIpc) is 2.25. The molecule has 1 heterocycles. The molecule has 1 aliphatic heterocycles. The summed E-state index contributed by atoms with van der Waals surface area (Å²) in [6.45, 7) is 0.665. The summed E-state index contributed by atoms with van der Waals surface area (Å²) in [5.41, 5.74) is 5.83. The highest BCUT2D eigenvalue weighted by Crippen LogP contribution is 2.44. The van der Waals surface area contributed by atoms with Gasteiger partial charge in [0.25, 0.3) is 0 Å². The molecule has 2 rings (SSSR count). The lowest BCUT2D eigenvalue weighted by molar-refractivity contribution is -0.121. The van der Waals surface area contributed by atoms with Gasteiger partial charge in [-0.25, -0.2) is 0 Å². The lowest BCUT2D eigenvalue weighted by atomic mass is 9.75. The fourth-order valence-corrected chi connectivity index (χ4v) is 2.17. The average molecular weight is 157 g/mol. The zero-order chi connectivity index (χ0) is 7.90. The summed E-state index contributed by atoms with van der Waals surface area (Å²) in [6, 6.07) is 0.0836. The fourth-order valence-electron chi connectivity index (χ4n) is 2.17. The van der Waals surface area contributed by atoms with Crippen molar-refractivity contribution < 1.29 is 9.47 Å². The topological polar surface area (TPSA) is 44.5 Å². The molecule has 0 aromatic carbocycles. The standard InChI is InChI=1S/C8H15NO2/c1-10-7-6(9)5-11-8(7)3-2-4-8/h6-7H,2-5,9H2,1H3/t6-,7+/m0/s1. The van der Waals surface area contributed by atoms with E-state index in [0.29, 0.717) is 6.61 Å². The quantitative estimate of drug-likeness (QED) is 0.594. The van der Waals surface area contributed by atoms with Crippen molar-refractivity contribution in [1.82, 2.24) is 0 Å². The van der Waals surface area contributed by atoms with Crippen LogP contribution in [0.3, 0.4) is 0 Å². The largest absolute Gasteiger partial charge is 0.377 e. The zero-order valence-electron chi connectivity index (χ0n) is 6.88. The molecule has 3 nitrogen and oxygen atoms in total. The van der Waals surface area contributed by atoms with Gasteiger partial charge in [0.15, 0.2) is 0 Å². The van der Waals surface area contributed by atoms with Gasteiger partial charge in [0.05, 0.1) is 18.2 Å². The molecule has 0 unspecified atom stereocenters. The molecular formula is C8H15NO2. The van der Waals surface area contributed by atoms with Crippen LogP contribution in [0, 0.1) is 0 Å². The smallest absolute Gasteiger partial charge is 0.103 e. The number of nitrogens with two attached hydrogens (primary N) is 1. The third-order valence-electron chi connectivity index (χ3n) is 2.92. The Hall–Kier alpha value is -0.120. The van der Waals surface area contributed by atoms with Gasteiger partial charge < -0.3 is 15.2 Å². The Balaban J connectivity index is 2.10. The van der Waals surface area contributed by atoms with Crippen LogP contribution in [0.5, 0.6) is 0 Å². The van der Waals surface area contributed by atoms with Crippen LogP contribution in [-0.2, 0) is 9.47 Å². The van der Waals surface area contributed by atoms with E-state index in [4.69, 9.17) is 15.2 Å². The minimum atomic E-state index is 0.00810. The molecule has 3 heteroatoms. The molecule has 11 heavy (non-hydrogen) atoms. The Morgan fingerprint density at radius 1 is 1.55 bits per heavy atom. The molecular weight excluding hydrogens is 142 g/mol. The van der Waals surface area contributed by atoms with Crippen LogP contribution in [0.1, 0.15) is 19.3 Å². The predicted octanol–water partition coefficient (Wildman–Crippen LogP) is 0.282. The van der Waals surface area contributed by atoms with Gasteiger partial charge in [-0.15, -0.1) is 0 Å². The maximum atomic E-state index is 5.82.